The molecule has 1 aromatic carbocycles. The van der Waals surface area contributed by atoms with Crippen molar-refractivity contribution < 1.29 is 14.6 Å². The Kier molecular flexibility index (Phi) is 6.93. The summed E-state index contributed by atoms with van der Waals surface area (Å²) in [4.78, 5) is 37.8. The van der Waals surface area contributed by atoms with Crippen LogP contribution in [0.1, 0.15) is 38.7 Å². The van der Waals surface area contributed by atoms with Crippen molar-refractivity contribution in [2.75, 3.05) is 6.61 Å². The second-order valence-corrected chi connectivity index (χ2v) is 5.66. The molecule has 0 radical (unpaired) electrons. The number of rotatable bonds is 8. The molecule has 1 heterocycles. The smallest absolute Gasteiger partial charge is 0.335 e. The number of hydrogen-bond donors (Lipinski definition) is 3. The van der Waals surface area contributed by atoms with E-state index in [0.29, 0.717) is 24.5 Å². The van der Waals surface area contributed by atoms with E-state index in [1.807, 2.05) is 13.8 Å². The molecule has 9 nitrogen and oxygen atoms in total. The van der Waals surface area contributed by atoms with Crippen LogP contribution in [0.2, 0.25) is 0 Å². The Morgan fingerprint density at radius 1 is 1.30 bits per heavy atom. The highest BCUT2D eigenvalue weighted by Gasteiger charge is 2.14. The molecule has 1 aromatic heterocycles. The van der Waals surface area contributed by atoms with Gasteiger partial charge in [-0.3, -0.25) is 14.6 Å². The summed E-state index contributed by atoms with van der Waals surface area (Å²) in [5.74, 6) is -0.280. The normalized spacial score (nSPS) is 10.9. The maximum Gasteiger partial charge on any atom is 0.335 e. The molecule has 0 aliphatic heterocycles. The molecule has 2 aromatic rings. The second-order valence-electron chi connectivity index (χ2n) is 5.66. The zero-order valence-corrected chi connectivity index (χ0v) is 15.2. The summed E-state index contributed by atoms with van der Waals surface area (Å²) in [7, 11) is 0. The SMILES string of the molecule is CCCCC(=O)N/N=C/c1c(O)n(-c2ccc(OCC)cc2)c(=O)[nH]c1=O. The van der Waals surface area contributed by atoms with E-state index in [0.717, 1.165) is 23.6 Å². The van der Waals surface area contributed by atoms with E-state index in [1.54, 1.807) is 24.3 Å². The van der Waals surface area contributed by atoms with Crippen LogP contribution in [0.4, 0.5) is 0 Å². The summed E-state index contributed by atoms with van der Waals surface area (Å²) < 4.78 is 6.26. The molecule has 0 saturated heterocycles. The lowest BCUT2D eigenvalue weighted by Gasteiger charge is -2.10. The van der Waals surface area contributed by atoms with E-state index in [1.165, 1.54) is 0 Å². The van der Waals surface area contributed by atoms with Gasteiger partial charge >= 0.3 is 5.69 Å². The molecule has 0 fully saturated rings. The van der Waals surface area contributed by atoms with Crippen LogP contribution >= 0.6 is 0 Å². The first-order chi connectivity index (χ1) is 13.0. The molecule has 0 spiro atoms. The monoisotopic (exact) mass is 374 g/mol. The number of aromatic amines is 1. The summed E-state index contributed by atoms with van der Waals surface area (Å²) >= 11 is 0. The molecular formula is C18H22N4O5. The highest BCUT2D eigenvalue weighted by molar-refractivity contribution is 5.84. The number of aromatic nitrogens is 2. The fraction of sp³-hybridized carbons (Fsp3) is 0.333. The molecule has 0 unspecified atom stereocenters. The number of carbonyl (C=O) groups excluding carboxylic acids is 1. The summed E-state index contributed by atoms with van der Waals surface area (Å²) in [5.41, 5.74) is 0.746. The first-order valence-electron chi connectivity index (χ1n) is 8.61. The average molecular weight is 374 g/mol. The third-order valence-electron chi connectivity index (χ3n) is 3.67. The topological polar surface area (TPSA) is 126 Å². The molecule has 0 aliphatic rings. The first kappa shape index (κ1) is 20.0. The van der Waals surface area contributed by atoms with Gasteiger partial charge in [0, 0.05) is 6.42 Å². The summed E-state index contributed by atoms with van der Waals surface area (Å²) in [5, 5.41) is 14.1. The minimum atomic E-state index is -0.814. The molecule has 2 rings (SSSR count). The van der Waals surface area contributed by atoms with E-state index in [-0.39, 0.29) is 11.5 Å². The van der Waals surface area contributed by atoms with Crippen LogP contribution in [-0.4, -0.2) is 33.4 Å². The molecule has 27 heavy (non-hydrogen) atoms. The highest BCUT2D eigenvalue weighted by atomic mass is 16.5. The van der Waals surface area contributed by atoms with Gasteiger partial charge in [-0.1, -0.05) is 13.3 Å². The molecule has 144 valence electrons. The Balaban J connectivity index is 2.32. The average Bonchev–Trinajstić information content (AvgIpc) is 2.64. The largest absolute Gasteiger partial charge is 0.494 e. The quantitative estimate of drug-likeness (QED) is 0.474. The van der Waals surface area contributed by atoms with Crippen LogP contribution < -0.4 is 21.4 Å². The fourth-order valence-corrected chi connectivity index (χ4v) is 2.31. The molecule has 0 aliphatic carbocycles. The Hall–Kier alpha value is -3.36. The van der Waals surface area contributed by atoms with Crippen LogP contribution in [0.25, 0.3) is 5.69 Å². The summed E-state index contributed by atoms with van der Waals surface area (Å²) in [6.45, 7) is 4.30. The Morgan fingerprint density at radius 3 is 2.63 bits per heavy atom. The molecule has 9 heteroatoms. The minimum absolute atomic E-state index is 0.251. The third kappa shape index (κ3) is 5.06. The molecule has 3 N–H and O–H groups in total. The van der Waals surface area contributed by atoms with Crippen molar-refractivity contribution >= 4 is 12.1 Å². The van der Waals surface area contributed by atoms with Gasteiger partial charge in [0.05, 0.1) is 18.5 Å². The van der Waals surface area contributed by atoms with Gasteiger partial charge in [0.15, 0.2) is 0 Å². The highest BCUT2D eigenvalue weighted by Crippen LogP contribution is 2.18. The van der Waals surface area contributed by atoms with E-state index in [2.05, 4.69) is 15.5 Å². The lowest BCUT2D eigenvalue weighted by molar-refractivity contribution is -0.121. The van der Waals surface area contributed by atoms with Crippen LogP contribution in [0.15, 0.2) is 39.0 Å². The molecule has 1 amide bonds. The number of ether oxygens (including phenoxy) is 1. The predicted octanol–water partition coefficient (Wildman–Crippen LogP) is 1.27. The lowest BCUT2D eigenvalue weighted by Crippen LogP contribution is -2.31. The second kappa shape index (κ2) is 9.37. The van der Waals surface area contributed by atoms with Crippen molar-refractivity contribution in [1.29, 1.82) is 0 Å². The Bertz CT molecular complexity index is 928. The number of amides is 1. The number of benzene rings is 1. The van der Waals surface area contributed by atoms with Gasteiger partial charge in [0.2, 0.25) is 11.8 Å². The zero-order valence-electron chi connectivity index (χ0n) is 15.2. The van der Waals surface area contributed by atoms with Crippen LogP contribution in [0.3, 0.4) is 0 Å². The summed E-state index contributed by atoms with van der Waals surface area (Å²) in [6, 6.07) is 6.41. The van der Waals surface area contributed by atoms with Gasteiger partial charge in [-0.15, -0.1) is 0 Å². The van der Waals surface area contributed by atoms with E-state index in [9.17, 15) is 19.5 Å². The van der Waals surface area contributed by atoms with Crippen molar-refractivity contribution in [3.63, 3.8) is 0 Å². The number of nitrogens with zero attached hydrogens (tertiary/aromatic N) is 2. The number of H-pyrrole nitrogens is 1. The van der Waals surface area contributed by atoms with Crippen molar-refractivity contribution in [3.05, 3.63) is 50.7 Å². The third-order valence-corrected chi connectivity index (χ3v) is 3.67. The number of nitrogens with one attached hydrogen (secondary N) is 2. The number of unbranched alkanes of at least 4 members (excludes halogenated alkanes) is 1. The maximum absolute atomic E-state index is 12.1. The van der Waals surface area contributed by atoms with E-state index in [4.69, 9.17) is 4.74 Å². The van der Waals surface area contributed by atoms with Crippen LogP contribution in [-0.2, 0) is 4.79 Å². The van der Waals surface area contributed by atoms with Gasteiger partial charge in [-0.25, -0.2) is 14.8 Å². The van der Waals surface area contributed by atoms with Gasteiger partial charge in [0.25, 0.3) is 5.56 Å². The van der Waals surface area contributed by atoms with Crippen molar-refractivity contribution in [2.45, 2.75) is 33.1 Å². The molecular weight excluding hydrogens is 352 g/mol. The Labute approximate surface area is 155 Å². The number of carbonyl (C=O) groups is 1. The Morgan fingerprint density at radius 2 is 2.00 bits per heavy atom. The van der Waals surface area contributed by atoms with Gasteiger partial charge < -0.3 is 9.84 Å². The van der Waals surface area contributed by atoms with Gasteiger partial charge in [0.1, 0.15) is 11.3 Å². The standard InChI is InChI=1S/C18H22N4O5/c1-3-5-6-15(23)21-19-11-14-16(24)20-18(26)22(17(14)25)12-7-9-13(10-8-12)27-4-2/h7-11,25H,3-6H2,1-2H3,(H,21,23)(H,20,24,26)/b19-11+. The van der Waals surface area contributed by atoms with Gasteiger partial charge in [-0.05, 0) is 37.6 Å². The number of aromatic hydroxyl groups is 1. The first-order valence-corrected chi connectivity index (χ1v) is 8.61. The van der Waals surface area contributed by atoms with Crippen molar-refractivity contribution in [3.8, 4) is 17.3 Å². The maximum atomic E-state index is 12.1. The van der Waals surface area contributed by atoms with E-state index < -0.39 is 17.1 Å². The molecule has 0 bridgehead atoms. The van der Waals surface area contributed by atoms with Crippen LogP contribution in [0, 0.1) is 0 Å². The minimum Gasteiger partial charge on any atom is -0.494 e. The zero-order chi connectivity index (χ0) is 19.8. The number of hydrazone groups is 1. The lowest BCUT2D eigenvalue weighted by atomic mass is 10.2. The summed E-state index contributed by atoms with van der Waals surface area (Å²) in [6.07, 6.45) is 2.89. The number of hydrogen-bond acceptors (Lipinski definition) is 6. The fourth-order valence-electron chi connectivity index (χ4n) is 2.31. The molecule has 0 saturated carbocycles. The van der Waals surface area contributed by atoms with Crippen LogP contribution in [0.5, 0.6) is 11.6 Å². The van der Waals surface area contributed by atoms with Crippen molar-refractivity contribution in [2.24, 2.45) is 5.10 Å². The predicted molar refractivity (Wildman–Crippen MR) is 101 cm³/mol. The van der Waals surface area contributed by atoms with E-state index >= 15 is 0 Å². The van der Waals surface area contributed by atoms with Crippen molar-refractivity contribution in [1.82, 2.24) is 15.0 Å². The van der Waals surface area contributed by atoms with Gasteiger partial charge in [-0.2, -0.15) is 5.10 Å². The molecule has 0 atom stereocenters.